The maximum Gasteiger partial charge on any atom is 0.243 e. The fourth-order valence-electron chi connectivity index (χ4n) is 3.61. The summed E-state index contributed by atoms with van der Waals surface area (Å²) in [6.45, 7) is 1.46. The number of anilines is 1. The molecule has 174 valence electrons. The van der Waals surface area contributed by atoms with E-state index < -0.39 is 15.9 Å². The van der Waals surface area contributed by atoms with Gasteiger partial charge in [-0.1, -0.05) is 83.4 Å². The number of benzene rings is 4. The zero-order chi connectivity index (χ0) is 24.3. The van der Waals surface area contributed by atoms with Crippen molar-refractivity contribution in [3.8, 4) is 0 Å². The number of carbonyl (C=O) groups is 1. The van der Waals surface area contributed by atoms with Crippen molar-refractivity contribution in [2.75, 3.05) is 11.9 Å². The Kier molecular flexibility index (Phi) is 7.24. The highest BCUT2D eigenvalue weighted by molar-refractivity contribution is 7.89. The van der Waals surface area contributed by atoms with Gasteiger partial charge in [0.15, 0.2) is 0 Å². The van der Waals surface area contributed by atoms with Crippen LogP contribution in [0.1, 0.15) is 11.1 Å². The zero-order valence-corrected chi connectivity index (χ0v) is 20.7. The monoisotopic (exact) mass is 512 g/mol. The van der Waals surface area contributed by atoms with Gasteiger partial charge >= 0.3 is 0 Å². The van der Waals surface area contributed by atoms with E-state index in [1.54, 1.807) is 36.4 Å². The van der Waals surface area contributed by atoms with Crippen molar-refractivity contribution in [1.82, 2.24) is 4.31 Å². The highest BCUT2D eigenvalue weighted by Crippen LogP contribution is 2.26. The van der Waals surface area contributed by atoms with Crippen LogP contribution in [0.5, 0.6) is 0 Å². The van der Waals surface area contributed by atoms with Gasteiger partial charge < -0.3 is 5.32 Å². The van der Waals surface area contributed by atoms with Crippen molar-refractivity contribution in [2.24, 2.45) is 0 Å². The maximum absolute atomic E-state index is 13.5. The lowest BCUT2D eigenvalue weighted by molar-refractivity contribution is -0.116. The first-order valence-electron chi connectivity index (χ1n) is 10.5. The van der Waals surface area contributed by atoms with E-state index >= 15 is 0 Å². The van der Waals surface area contributed by atoms with Crippen LogP contribution in [0.3, 0.4) is 0 Å². The average Bonchev–Trinajstić information content (AvgIpc) is 2.81. The highest BCUT2D eigenvalue weighted by atomic mass is 35.5. The summed E-state index contributed by atoms with van der Waals surface area (Å²) < 4.78 is 28.1. The van der Waals surface area contributed by atoms with Crippen molar-refractivity contribution >= 4 is 55.6 Å². The number of nitrogens with zero attached hydrogens (tertiary/aromatic N) is 1. The molecule has 0 aromatic heterocycles. The third kappa shape index (κ3) is 5.42. The Morgan fingerprint density at radius 1 is 0.882 bits per heavy atom. The molecule has 0 fully saturated rings. The SMILES string of the molecule is Cc1ccc(S(=O)(=O)N(CC(=O)Nc2cccc3ccccc23)Cc2ccc(Cl)c(Cl)c2)cc1. The van der Waals surface area contributed by atoms with E-state index in [9.17, 15) is 13.2 Å². The number of rotatable bonds is 7. The molecule has 34 heavy (non-hydrogen) atoms. The molecule has 0 saturated heterocycles. The topological polar surface area (TPSA) is 66.5 Å². The van der Waals surface area contributed by atoms with Crippen LogP contribution in [0.25, 0.3) is 10.8 Å². The first kappa shape index (κ1) is 24.2. The maximum atomic E-state index is 13.5. The third-order valence-electron chi connectivity index (χ3n) is 5.39. The summed E-state index contributed by atoms with van der Waals surface area (Å²) in [4.78, 5) is 13.2. The molecule has 0 unspecified atom stereocenters. The summed E-state index contributed by atoms with van der Waals surface area (Å²) in [5.74, 6) is -0.452. The van der Waals surface area contributed by atoms with Gasteiger partial charge in [-0.25, -0.2) is 8.42 Å². The number of halogens is 2. The Morgan fingerprint density at radius 2 is 1.59 bits per heavy atom. The first-order chi connectivity index (χ1) is 16.2. The lowest BCUT2D eigenvalue weighted by Gasteiger charge is -2.22. The van der Waals surface area contributed by atoms with Crippen LogP contribution < -0.4 is 5.32 Å². The van der Waals surface area contributed by atoms with Crippen molar-refractivity contribution < 1.29 is 13.2 Å². The Bertz CT molecular complexity index is 1450. The van der Waals surface area contributed by atoms with E-state index in [2.05, 4.69) is 5.32 Å². The largest absolute Gasteiger partial charge is 0.324 e. The summed E-state index contributed by atoms with van der Waals surface area (Å²) in [7, 11) is -3.97. The average molecular weight is 513 g/mol. The van der Waals surface area contributed by atoms with Crippen LogP contribution in [0.15, 0.2) is 89.8 Å². The predicted octanol–water partition coefficient (Wildman–Crippen LogP) is 6.28. The highest BCUT2D eigenvalue weighted by Gasteiger charge is 2.27. The molecular weight excluding hydrogens is 491 g/mol. The first-order valence-corrected chi connectivity index (χ1v) is 12.7. The van der Waals surface area contributed by atoms with Crippen molar-refractivity contribution in [1.29, 1.82) is 0 Å². The van der Waals surface area contributed by atoms with Gasteiger partial charge in [0, 0.05) is 17.6 Å². The predicted molar refractivity (Wildman–Crippen MR) is 138 cm³/mol. The second-order valence-electron chi connectivity index (χ2n) is 7.91. The molecule has 0 atom stereocenters. The normalized spacial score (nSPS) is 11.6. The minimum absolute atomic E-state index is 0.0456. The van der Waals surface area contributed by atoms with Gasteiger partial charge in [-0.3, -0.25) is 4.79 Å². The molecule has 5 nitrogen and oxygen atoms in total. The number of fused-ring (bicyclic) bond motifs is 1. The third-order valence-corrected chi connectivity index (χ3v) is 7.93. The summed E-state index contributed by atoms with van der Waals surface area (Å²) >= 11 is 12.1. The van der Waals surface area contributed by atoms with Crippen LogP contribution >= 0.6 is 23.2 Å². The van der Waals surface area contributed by atoms with Crippen molar-refractivity contribution in [3.63, 3.8) is 0 Å². The Balaban J connectivity index is 1.64. The van der Waals surface area contributed by atoms with Gasteiger partial charge in [0.1, 0.15) is 0 Å². The molecule has 4 aromatic carbocycles. The Morgan fingerprint density at radius 3 is 2.32 bits per heavy atom. The second kappa shape index (κ2) is 10.2. The number of hydrogen-bond donors (Lipinski definition) is 1. The molecule has 0 aliphatic carbocycles. The number of aryl methyl sites for hydroxylation is 1. The quantitative estimate of drug-likeness (QED) is 0.316. The molecule has 8 heteroatoms. The van der Waals surface area contributed by atoms with Crippen LogP contribution in [0.4, 0.5) is 5.69 Å². The summed E-state index contributed by atoms with van der Waals surface area (Å²) in [6, 6.07) is 24.6. The molecule has 0 aliphatic heterocycles. The summed E-state index contributed by atoms with van der Waals surface area (Å²) in [5.41, 5.74) is 2.16. The molecule has 0 bridgehead atoms. The van der Waals surface area contributed by atoms with E-state index in [0.29, 0.717) is 21.3 Å². The van der Waals surface area contributed by atoms with E-state index in [1.807, 2.05) is 43.3 Å². The zero-order valence-electron chi connectivity index (χ0n) is 18.3. The van der Waals surface area contributed by atoms with Crippen LogP contribution in [0, 0.1) is 6.92 Å². The van der Waals surface area contributed by atoms with E-state index in [1.165, 1.54) is 12.1 Å². The smallest absolute Gasteiger partial charge is 0.243 e. The van der Waals surface area contributed by atoms with E-state index in [0.717, 1.165) is 20.6 Å². The Labute approximate surface area is 209 Å². The van der Waals surface area contributed by atoms with Gasteiger partial charge in [0.25, 0.3) is 0 Å². The van der Waals surface area contributed by atoms with Gasteiger partial charge in [0.2, 0.25) is 15.9 Å². The van der Waals surface area contributed by atoms with Crippen LogP contribution in [-0.2, 0) is 21.4 Å². The molecular formula is C26H22Cl2N2O3S. The minimum atomic E-state index is -3.97. The van der Waals surface area contributed by atoms with Crippen LogP contribution in [0.2, 0.25) is 10.0 Å². The molecule has 0 spiro atoms. The number of carbonyl (C=O) groups excluding carboxylic acids is 1. The number of nitrogens with one attached hydrogen (secondary N) is 1. The fourth-order valence-corrected chi connectivity index (χ4v) is 5.32. The van der Waals surface area contributed by atoms with Gasteiger partial charge in [-0.2, -0.15) is 4.31 Å². The van der Waals surface area contributed by atoms with E-state index in [4.69, 9.17) is 23.2 Å². The van der Waals surface area contributed by atoms with Gasteiger partial charge in [-0.15, -0.1) is 0 Å². The summed E-state index contributed by atoms with van der Waals surface area (Å²) in [5, 5.41) is 5.39. The molecule has 4 rings (SSSR count). The van der Waals surface area contributed by atoms with Gasteiger partial charge in [-0.05, 0) is 48.2 Å². The lowest BCUT2D eigenvalue weighted by atomic mass is 10.1. The minimum Gasteiger partial charge on any atom is -0.324 e. The van der Waals surface area contributed by atoms with E-state index in [-0.39, 0.29) is 18.0 Å². The van der Waals surface area contributed by atoms with Crippen molar-refractivity contribution in [2.45, 2.75) is 18.4 Å². The molecule has 0 aliphatic rings. The summed E-state index contributed by atoms with van der Waals surface area (Å²) in [6.07, 6.45) is 0. The molecule has 1 N–H and O–H groups in total. The molecule has 4 aromatic rings. The van der Waals surface area contributed by atoms with Gasteiger partial charge in [0.05, 0.1) is 21.5 Å². The number of hydrogen-bond acceptors (Lipinski definition) is 3. The number of sulfonamides is 1. The second-order valence-corrected chi connectivity index (χ2v) is 10.7. The van der Waals surface area contributed by atoms with Crippen LogP contribution in [-0.4, -0.2) is 25.2 Å². The molecule has 1 amide bonds. The lowest BCUT2D eigenvalue weighted by Crippen LogP contribution is -2.37. The molecule has 0 saturated carbocycles. The molecule has 0 radical (unpaired) electrons. The molecule has 0 heterocycles. The standard InChI is InChI=1S/C26H22Cl2N2O3S/c1-18-9-12-21(13-10-18)34(32,33)30(16-19-11-14-23(27)24(28)15-19)17-26(31)29-25-8-4-6-20-5-2-3-7-22(20)25/h2-15H,16-17H2,1H3,(H,29,31). The Hall–Kier alpha value is -2.90. The number of amides is 1. The fraction of sp³-hybridized carbons (Fsp3) is 0.115. The van der Waals surface area contributed by atoms with Crippen molar-refractivity contribution in [3.05, 3.63) is 106 Å².